The molecule has 6 nitrogen and oxygen atoms in total. The highest BCUT2D eigenvalue weighted by molar-refractivity contribution is 6.31. The number of aromatic nitrogens is 2. The van der Waals surface area contributed by atoms with Crippen molar-refractivity contribution >= 4 is 23.6 Å². The van der Waals surface area contributed by atoms with Crippen molar-refractivity contribution in [3.63, 3.8) is 0 Å². The number of hydrogen-bond acceptors (Lipinski definition) is 4. The van der Waals surface area contributed by atoms with Crippen LogP contribution in [0.5, 0.6) is 11.5 Å². The zero-order valence-electron chi connectivity index (χ0n) is 13.5. The van der Waals surface area contributed by atoms with E-state index in [4.69, 9.17) is 21.1 Å². The molecule has 1 aliphatic heterocycles. The maximum atomic E-state index is 12.0. The Labute approximate surface area is 145 Å². The summed E-state index contributed by atoms with van der Waals surface area (Å²) < 4.78 is 12.6. The number of benzene rings is 1. The fraction of sp³-hybridized carbons (Fsp3) is 0.294. The minimum atomic E-state index is -0.204. The van der Waals surface area contributed by atoms with Crippen LogP contribution in [-0.4, -0.2) is 28.9 Å². The number of fused-ring (bicyclic) bond motifs is 1. The highest BCUT2D eigenvalue weighted by atomic mass is 35.5. The Morgan fingerprint density at radius 1 is 1.38 bits per heavy atom. The first-order valence-electron chi connectivity index (χ1n) is 7.58. The number of amides is 1. The molecule has 1 aromatic carbocycles. The molecule has 3 rings (SSSR count). The Kier molecular flexibility index (Phi) is 4.76. The van der Waals surface area contributed by atoms with E-state index in [9.17, 15) is 4.79 Å². The number of aryl methyl sites for hydroxylation is 2. The lowest BCUT2D eigenvalue weighted by Crippen LogP contribution is -2.21. The zero-order chi connectivity index (χ0) is 17.1. The van der Waals surface area contributed by atoms with E-state index < -0.39 is 0 Å². The van der Waals surface area contributed by atoms with Gasteiger partial charge in [-0.05, 0) is 30.7 Å². The summed E-state index contributed by atoms with van der Waals surface area (Å²) in [6.45, 7) is 3.35. The molecule has 1 N–H and O–H groups in total. The van der Waals surface area contributed by atoms with Crippen LogP contribution in [0.3, 0.4) is 0 Å². The third-order valence-electron chi connectivity index (χ3n) is 3.67. The van der Waals surface area contributed by atoms with Crippen molar-refractivity contribution in [3.8, 4) is 11.5 Å². The summed E-state index contributed by atoms with van der Waals surface area (Å²) in [6, 6.07) is 5.63. The number of rotatable bonds is 4. The second-order valence-corrected chi connectivity index (χ2v) is 5.80. The molecule has 0 saturated heterocycles. The first-order valence-corrected chi connectivity index (χ1v) is 7.96. The molecule has 2 aromatic rings. The predicted octanol–water partition coefficient (Wildman–Crippen LogP) is 2.48. The maximum absolute atomic E-state index is 12.0. The van der Waals surface area contributed by atoms with Crippen LogP contribution in [0.2, 0.25) is 5.15 Å². The summed E-state index contributed by atoms with van der Waals surface area (Å²) in [5, 5.41) is 7.53. The first-order chi connectivity index (χ1) is 11.5. The topological polar surface area (TPSA) is 65.4 Å². The van der Waals surface area contributed by atoms with Crippen molar-refractivity contribution in [3.05, 3.63) is 46.2 Å². The number of halogens is 1. The van der Waals surface area contributed by atoms with Crippen LogP contribution in [0, 0.1) is 6.92 Å². The standard InChI is InChI=1S/C17H18ClN3O3/c1-11-13(17(18)21(2)20-11)4-6-16(22)19-10-12-3-5-14-15(9-12)24-8-7-23-14/h3-6,9H,7-8,10H2,1-2H3,(H,19,22)/b6-4+. The average molecular weight is 348 g/mol. The molecule has 126 valence electrons. The number of nitrogens with zero attached hydrogens (tertiary/aromatic N) is 2. The van der Waals surface area contributed by atoms with Gasteiger partial charge in [-0.1, -0.05) is 17.7 Å². The van der Waals surface area contributed by atoms with Gasteiger partial charge in [-0.2, -0.15) is 5.10 Å². The van der Waals surface area contributed by atoms with Gasteiger partial charge in [0.2, 0.25) is 5.91 Å². The molecular formula is C17H18ClN3O3. The van der Waals surface area contributed by atoms with Gasteiger partial charge in [0.25, 0.3) is 0 Å². The van der Waals surface area contributed by atoms with Gasteiger partial charge in [-0.25, -0.2) is 0 Å². The fourth-order valence-electron chi connectivity index (χ4n) is 2.44. The maximum Gasteiger partial charge on any atom is 0.244 e. The van der Waals surface area contributed by atoms with E-state index in [0.29, 0.717) is 30.7 Å². The van der Waals surface area contributed by atoms with E-state index in [1.165, 1.54) is 6.08 Å². The van der Waals surface area contributed by atoms with Crippen LogP contribution >= 0.6 is 11.6 Å². The molecule has 0 radical (unpaired) electrons. The summed E-state index contributed by atoms with van der Waals surface area (Å²) in [7, 11) is 1.76. The number of carbonyl (C=O) groups excluding carboxylic acids is 1. The molecule has 0 spiro atoms. The lowest BCUT2D eigenvalue weighted by molar-refractivity contribution is -0.116. The van der Waals surface area contributed by atoms with Crippen molar-refractivity contribution in [2.45, 2.75) is 13.5 Å². The molecule has 0 aliphatic carbocycles. The highest BCUT2D eigenvalue weighted by Gasteiger charge is 2.12. The molecular weight excluding hydrogens is 330 g/mol. The molecule has 24 heavy (non-hydrogen) atoms. The van der Waals surface area contributed by atoms with Gasteiger partial charge in [0.15, 0.2) is 11.5 Å². The van der Waals surface area contributed by atoms with E-state index in [0.717, 1.165) is 22.6 Å². The highest BCUT2D eigenvalue weighted by Crippen LogP contribution is 2.30. The largest absolute Gasteiger partial charge is 0.486 e. The Hall–Kier alpha value is -2.47. The van der Waals surface area contributed by atoms with E-state index in [1.807, 2.05) is 25.1 Å². The summed E-state index contributed by atoms with van der Waals surface area (Å²) >= 11 is 6.13. The summed E-state index contributed by atoms with van der Waals surface area (Å²) in [4.78, 5) is 12.0. The monoisotopic (exact) mass is 347 g/mol. The number of carbonyl (C=O) groups is 1. The lowest BCUT2D eigenvalue weighted by Gasteiger charge is -2.18. The number of ether oxygens (including phenoxy) is 2. The molecule has 1 amide bonds. The molecule has 1 aromatic heterocycles. The zero-order valence-corrected chi connectivity index (χ0v) is 14.3. The second-order valence-electron chi connectivity index (χ2n) is 5.44. The van der Waals surface area contributed by atoms with Crippen LogP contribution in [-0.2, 0) is 18.4 Å². The van der Waals surface area contributed by atoms with E-state index in [-0.39, 0.29) is 5.91 Å². The van der Waals surface area contributed by atoms with Gasteiger partial charge >= 0.3 is 0 Å². The quantitative estimate of drug-likeness (QED) is 0.863. The van der Waals surface area contributed by atoms with E-state index >= 15 is 0 Å². The van der Waals surface area contributed by atoms with Gasteiger partial charge in [-0.3, -0.25) is 9.48 Å². The van der Waals surface area contributed by atoms with Gasteiger partial charge in [0, 0.05) is 25.2 Å². The molecule has 0 fully saturated rings. The van der Waals surface area contributed by atoms with Crippen molar-refractivity contribution in [2.24, 2.45) is 7.05 Å². The second kappa shape index (κ2) is 6.97. The van der Waals surface area contributed by atoms with Crippen LogP contribution in [0.4, 0.5) is 0 Å². The molecule has 0 unspecified atom stereocenters. The summed E-state index contributed by atoms with van der Waals surface area (Å²) in [5.41, 5.74) is 2.46. The van der Waals surface area contributed by atoms with E-state index in [2.05, 4.69) is 10.4 Å². The van der Waals surface area contributed by atoms with Crippen molar-refractivity contribution in [1.29, 1.82) is 0 Å². The van der Waals surface area contributed by atoms with Crippen LogP contribution < -0.4 is 14.8 Å². The summed E-state index contributed by atoms with van der Waals surface area (Å²) in [6.07, 6.45) is 3.12. The molecule has 7 heteroatoms. The minimum Gasteiger partial charge on any atom is -0.486 e. The minimum absolute atomic E-state index is 0.204. The lowest BCUT2D eigenvalue weighted by atomic mass is 10.2. The molecule has 0 saturated carbocycles. The summed E-state index contributed by atoms with van der Waals surface area (Å²) in [5.74, 6) is 1.24. The Bertz CT molecular complexity index is 799. The van der Waals surface area contributed by atoms with Crippen LogP contribution in [0.15, 0.2) is 24.3 Å². The normalized spacial score (nSPS) is 13.3. The van der Waals surface area contributed by atoms with Gasteiger partial charge in [0.1, 0.15) is 18.4 Å². The molecule has 1 aliphatic rings. The van der Waals surface area contributed by atoms with E-state index in [1.54, 1.807) is 17.8 Å². The fourth-order valence-corrected chi connectivity index (χ4v) is 2.68. The first kappa shape index (κ1) is 16.4. The van der Waals surface area contributed by atoms with Crippen molar-refractivity contribution in [2.75, 3.05) is 13.2 Å². The van der Waals surface area contributed by atoms with Gasteiger partial charge in [-0.15, -0.1) is 0 Å². The van der Waals surface area contributed by atoms with Gasteiger partial charge in [0.05, 0.1) is 5.69 Å². The predicted molar refractivity (Wildman–Crippen MR) is 91.3 cm³/mol. The average Bonchev–Trinajstić information content (AvgIpc) is 2.83. The molecule has 2 heterocycles. The Morgan fingerprint density at radius 3 is 2.83 bits per heavy atom. The van der Waals surface area contributed by atoms with Crippen molar-refractivity contribution < 1.29 is 14.3 Å². The number of hydrogen-bond donors (Lipinski definition) is 1. The van der Waals surface area contributed by atoms with Crippen molar-refractivity contribution in [1.82, 2.24) is 15.1 Å². The van der Waals surface area contributed by atoms with Crippen LogP contribution in [0.1, 0.15) is 16.8 Å². The Morgan fingerprint density at radius 2 is 2.12 bits per heavy atom. The molecule has 0 bridgehead atoms. The Balaban J connectivity index is 1.60. The smallest absolute Gasteiger partial charge is 0.244 e. The number of nitrogens with one attached hydrogen (secondary N) is 1. The molecule has 0 atom stereocenters. The SMILES string of the molecule is Cc1nn(C)c(Cl)c1/C=C/C(=O)NCc1ccc2c(c1)OCCO2. The van der Waals surface area contributed by atoms with Crippen LogP contribution in [0.25, 0.3) is 6.08 Å². The third-order valence-corrected chi connectivity index (χ3v) is 4.12. The third kappa shape index (κ3) is 3.54. The van der Waals surface area contributed by atoms with Gasteiger partial charge < -0.3 is 14.8 Å².